The summed E-state index contributed by atoms with van der Waals surface area (Å²) in [6.07, 6.45) is 8.73. The zero-order chi connectivity index (χ0) is 26.4. The van der Waals surface area contributed by atoms with Crippen molar-refractivity contribution in [1.82, 2.24) is 34.7 Å². The van der Waals surface area contributed by atoms with Crippen LogP contribution in [0.3, 0.4) is 0 Å². The third-order valence-corrected chi connectivity index (χ3v) is 7.86. The van der Waals surface area contributed by atoms with Crippen molar-refractivity contribution in [3.05, 3.63) is 66.4 Å². The van der Waals surface area contributed by atoms with Crippen LogP contribution in [0.1, 0.15) is 50.8 Å². The second-order valence-corrected chi connectivity index (χ2v) is 9.90. The molecule has 9 heteroatoms. The van der Waals surface area contributed by atoms with Crippen molar-refractivity contribution < 1.29 is 9.53 Å². The third kappa shape index (κ3) is 3.72. The highest BCUT2D eigenvalue weighted by Crippen LogP contribution is 2.42. The van der Waals surface area contributed by atoms with Crippen LogP contribution in [0.4, 0.5) is 4.79 Å². The standard InChI is InChI=1S/C29H31N7O2/c1-5-20-15-22(18(4)35(20)29(37)38-6-2)24-11-14-31-28-25(21-8-7-17(3)26-23(21)16-32-33-26)27(34-36(24)28)19-9-12-30-13-10-19/h7-14,16,18,20,22H,5-6,15H2,1-4H3,(H,32,33). The van der Waals surface area contributed by atoms with Crippen LogP contribution in [0, 0.1) is 6.92 Å². The number of hydrogen-bond acceptors (Lipinski definition) is 6. The number of nitrogens with one attached hydrogen (secondary N) is 1. The fourth-order valence-corrected chi connectivity index (χ4v) is 5.97. The molecule has 0 radical (unpaired) electrons. The summed E-state index contributed by atoms with van der Waals surface area (Å²) < 4.78 is 7.39. The molecule has 0 spiro atoms. The van der Waals surface area contributed by atoms with Gasteiger partial charge in [-0.1, -0.05) is 19.1 Å². The van der Waals surface area contributed by atoms with Gasteiger partial charge in [-0.3, -0.25) is 10.1 Å². The minimum Gasteiger partial charge on any atom is -0.450 e. The molecule has 194 valence electrons. The number of rotatable bonds is 5. The average Bonchev–Trinajstić information content (AvgIpc) is 3.65. The minimum atomic E-state index is -0.250. The van der Waals surface area contributed by atoms with Gasteiger partial charge >= 0.3 is 6.09 Å². The predicted octanol–water partition coefficient (Wildman–Crippen LogP) is 5.76. The first kappa shape index (κ1) is 24.1. The summed E-state index contributed by atoms with van der Waals surface area (Å²) in [5, 5.41) is 13.7. The van der Waals surface area contributed by atoms with Gasteiger partial charge in [0.15, 0.2) is 5.65 Å². The number of pyridine rings is 1. The zero-order valence-corrected chi connectivity index (χ0v) is 22.0. The van der Waals surface area contributed by atoms with E-state index in [2.05, 4.69) is 48.1 Å². The molecule has 3 unspecified atom stereocenters. The summed E-state index contributed by atoms with van der Waals surface area (Å²) in [4.78, 5) is 23.8. The lowest BCUT2D eigenvalue weighted by Gasteiger charge is -2.28. The summed E-state index contributed by atoms with van der Waals surface area (Å²) >= 11 is 0. The second-order valence-electron chi connectivity index (χ2n) is 9.90. The Balaban J connectivity index is 1.57. The van der Waals surface area contributed by atoms with Crippen LogP contribution >= 0.6 is 0 Å². The molecule has 1 amide bonds. The molecular weight excluding hydrogens is 478 g/mol. The molecule has 38 heavy (non-hydrogen) atoms. The number of ether oxygens (including phenoxy) is 1. The number of aromatic nitrogens is 6. The van der Waals surface area contributed by atoms with Gasteiger partial charge in [0, 0.05) is 47.5 Å². The second kappa shape index (κ2) is 9.55. The molecule has 1 aliphatic rings. The number of carbonyl (C=O) groups is 1. The van der Waals surface area contributed by atoms with Crippen molar-refractivity contribution in [2.75, 3.05) is 6.61 Å². The van der Waals surface area contributed by atoms with Crippen LogP contribution < -0.4 is 0 Å². The van der Waals surface area contributed by atoms with Gasteiger partial charge < -0.3 is 9.64 Å². The lowest BCUT2D eigenvalue weighted by molar-refractivity contribution is 0.0888. The Labute approximate surface area is 220 Å². The van der Waals surface area contributed by atoms with Crippen LogP contribution in [0.25, 0.3) is 38.9 Å². The van der Waals surface area contributed by atoms with E-state index in [9.17, 15) is 4.79 Å². The van der Waals surface area contributed by atoms with Crippen LogP contribution in [-0.4, -0.2) is 59.5 Å². The summed E-state index contributed by atoms with van der Waals surface area (Å²) in [5.74, 6) is 0.0832. The van der Waals surface area contributed by atoms with Crippen molar-refractivity contribution >= 4 is 22.6 Å². The Morgan fingerprint density at radius 2 is 1.95 bits per heavy atom. The molecule has 1 saturated heterocycles. The van der Waals surface area contributed by atoms with E-state index in [1.54, 1.807) is 12.4 Å². The van der Waals surface area contributed by atoms with Crippen LogP contribution in [0.2, 0.25) is 0 Å². The van der Waals surface area contributed by atoms with Crippen molar-refractivity contribution in [3.8, 4) is 22.4 Å². The highest BCUT2D eigenvalue weighted by molar-refractivity contribution is 6.03. The number of likely N-dealkylation sites (tertiary alicyclic amines) is 1. The van der Waals surface area contributed by atoms with E-state index >= 15 is 0 Å². The fraction of sp³-hybridized carbons (Fsp3) is 0.345. The van der Waals surface area contributed by atoms with Crippen molar-refractivity contribution in [1.29, 1.82) is 0 Å². The quantitative estimate of drug-likeness (QED) is 0.323. The van der Waals surface area contributed by atoms with Crippen LogP contribution in [-0.2, 0) is 4.74 Å². The summed E-state index contributed by atoms with van der Waals surface area (Å²) in [6, 6.07) is 10.3. The lowest BCUT2D eigenvalue weighted by atomic mass is 9.95. The molecule has 0 aliphatic carbocycles. The van der Waals surface area contributed by atoms with E-state index in [0.717, 1.165) is 63.0 Å². The first-order chi connectivity index (χ1) is 18.5. The number of nitrogens with zero attached hydrogens (tertiary/aromatic N) is 6. The average molecular weight is 510 g/mol. The maximum absolute atomic E-state index is 12.9. The van der Waals surface area contributed by atoms with Gasteiger partial charge in [-0.25, -0.2) is 14.3 Å². The first-order valence-electron chi connectivity index (χ1n) is 13.2. The van der Waals surface area contributed by atoms with E-state index in [4.69, 9.17) is 14.8 Å². The predicted molar refractivity (Wildman–Crippen MR) is 146 cm³/mol. The third-order valence-electron chi connectivity index (χ3n) is 7.86. The lowest BCUT2D eigenvalue weighted by Crippen LogP contribution is -2.41. The van der Waals surface area contributed by atoms with Crippen LogP contribution in [0.5, 0.6) is 0 Å². The molecule has 0 saturated carbocycles. The molecule has 4 aromatic heterocycles. The molecular formula is C29H31N7O2. The number of H-pyrrole nitrogens is 1. The Morgan fingerprint density at radius 3 is 2.71 bits per heavy atom. The van der Waals surface area contributed by atoms with Gasteiger partial charge in [0.1, 0.15) is 5.69 Å². The largest absolute Gasteiger partial charge is 0.450 e. The monoisotopic (exact) mass is 509 g/mol. The summed E-state index contributed by atoms with van der Waals surface area (Å²) in [7, 11) is 0. The topological polar surface area (TPSA) is 101 Å². The first-order valence-corrected chi connectivity index (χ1v) is 13.2. The number of fused-ring (bicyclic) bond motifs is 2. The molecule has 3 atom stereocenters. The molecule has 0 bridgehead atoms. The van der Waals surface area contributed by atoms with Gasteiger partial charge in [0.25, 0.3) is 0 Å². The SMILES string of the molecule is CCOC(=O)N1C(CC)CC(c2ccnc3c(-c4ccc(C)c5[nH]ncc45)c(-c4ccncc4)nn23)C1C. The molecule has 1 N–H and O–H groups in total. The fourth-order valence-electron chi connectivity index (χ4n) is 5.97. The van der Waals surface area contributed by atoms with E-state index in [0.29, 0.717) is 6.61 Å². The highest BCUT2D eigenvalue weighted by Gasteiger charge is 2.43. The summed E-state index contributed by atoms with van der Waals surface area (Å²) in [6.45, 7) is 8.50. The van der Waals surface area contributed by atoms with Gasteiger partial charge in [0.05, 0.1) is 29.6 Å². The maximum atomic E-state index is 12.9. The van der Waals surface area contributed by atoms with Gasteiger partial charge in [-0.15, -0.1) is 0 Å². The van der Waals surface area contributed by atoms with Crippen molar-refractivity contribution in [3.63, 3.8) is 0 Å². The molecule has 6 rings (SSSR count). The normalized spacial score (nSPS) is 19.5. The number of amides is 1. The number of carbonyl (C=O) groups excluding carboxylic acids is 1. The van der Waals surface area contributed by atoms with Gasteiger partial charge in [-0.05, 0) is 62.9 Å². The van der Waals surface area contributed by atoms with E-state index in [-0.39, 0.29) is 24.1 Å². The highest BCUT2D eigenvalue weighted by atomic mass is 16.6. The molecule has 1 fully saturated rings. The van der Waals surface area contributed by atoms with Crippen molar-refractivity contribution in [2.45, 2.75) is 58.5 Å². The molecule has 5 heterocycles. The van der Waals surface area contributed by atoms with Gasteiger partial charge in [0.2, 0.25) is 0 Å². The molecule has 1 aliphatic heterocycles. The van der Waals surface area contributed by atoms with E-state index < -0.39 is 0 Å². The van der Waals surface area contributed by atoms with E-state index in [1.165, 1.54) is 0 Å². The zero-order valence-electron chi connectivity index (χ0n) is 22.0. The maximum Gasteiger partial charge on any atom is 0.410 e. The minimum absolute atomic E-state index is 0.0402. The molecule has 9 nitrogen and oxygen atoms in total. The molecule has 5 aromatic rings. The smallest absolute Gasteiger partial charge is 0.410 e. The van der Waals surface area contributed by atoms with Crippen LogP contribution in [0.15, 0.2) is 55.1 Å². The Hall–Kier alpha value is -4.27. The summed E-state index contributed by atoms with van der Waals surface area (Å²) in [5.41, 5.74) is 7.69. The molecule has 1 aromatic carbocycles. The van der Waals surface area contributed by atoms with Gasteiger partial charge in [-0.2, -0.15) is 10.2 Å². The number of benzene rings is 1. The van der Waals surface area contributed by atoms with E-state index in [1.807, 2.05) is 46.9 Å². The number of hydrogen-bond donors (Lipinski definition) is 1. The Morgan fingerprint density at radius 1 is 1.13 bits per heavy atom. The number of aryl methyl sites for hydroxylation is 1. The Kier molecular flexibility index (Phi) is 6.06. The van der Waals surface area contributed by atoms with Crippen molar-refractivity contribution in [2.24, 2.45) is 0 Å². The number of aromatic amines is 1. The Bertz CT molecular complexity index is 1620.